The number of benzene rings is 2. The molecule has 2 aromatic rings. The summed E-state index contributed by atoms with van der Waals surface area (Å²) in [5.74, 6) is 0.535. The number of amides is 1. The number of fused-ring (bicyclic) bond motifs is 1. The fourth-order valence-electron chi connectivity index (χ4n) is 4.28. The molecule has 0 spiro atoms. The van der Waals surface area contributed by atoms with Gasteiger partial charge >= 0.3 is 0 Å². The van der Waals surface area contributed by atoms with Crippen LogP contribution < -0.4 is 9.47 Å². The van der Waals surface area contributed by atoms with Crippen LogP contribution in [0.25, 0.3) is 0 Å². The lowest BCUT2D eigenvalue weighted by Crippen LogP contribution is -2.53. The molecule has 1 N–H and O–H groups in total. The molecule has 2 atom stereocenters. The average Bonchev–Trinajstić information content (AvgIpc) is 3.15. The molecule has 8 heteroatoms. The van der Waals surface area contributed by atoms with Crippen LogP contribution in [0.15, 0.2) is 52.3 Å². The molecule has 0 aromatic heterocycles. The van der Waals surface area contributed by atoms with Crippen molar-refractivity contribution >= 4 is 15.7 Å². The number of hydrogen-bond donors (Lipinski definition) is 1. The Hall–Kier alpha value is -2.58. The third-order valence-electron chi connectivity index (χ3n) is 5.87. The molecule has 7 nitrogen and oxygen atoms in total. The minimum Gasteiger partial charge on any atom is -0.492 e. The van der Waals surface area contributed by atoms with E-state index in [0.29, 0.717) is 30.7 Å². The number of carbonyl (C=O) groups excluding carboxylic acids is 1. The summed E-state index contributed by atoms with van der Waals surface area (Å²) < 4.78 is 38.6. The van der Waals surface area contributed by atoms with Crippen molar-refractivity contribution in [1.29, 1.82) is 0 Å². The van der Waals surface area contributed by atoms with Crippen LogP contribution in [0.2, 0.25) is 0 Å². The molecule has 0 saturated carbocycles. The first kappa shape index (κ1) is 21.6. The molecular formula is C23H27NO6S. The van der Waals surface area contributed by atoms with Crippen LogP contribution in [0.4, 0.5) is 0 Å². The first-order chi connectivity index (χ1) is 14.7. The zero-order valence-electron chi connectivity index (χ0n) is 17.9. The van der Waals surface area contributed by atoms with Crippen molar-refractivity contribution in [1.82, 2.24) is 4.90 Å². The molecular weight excluding hydrogens is 418 g/mol. The Morgan fingerprint density at radius 3 is 2.55 bits per heavy atom. The van der Waals surface area contributed by atoms with Crippen LogP contribution in [0.1, 0.15) is 45.2 Å². The fraction of sp³-hybridized carbons (Fsp3) is 0.435. The van der Waals surface area contributed by atoms with Crippen LogP contribution in [0.5, 0.6) is 11.5 Å². The third-order valence-corrected chi connectivity index (χ3v) is 7.66. The van der Waals surface area contributed by atoms with Gasteiger partial charge in [-0.1, -0.05) is 18.2 Å². The Kier molecular flexibility index (Phi) is 5.47. The summed E-state index contributed by atoms with van der Waals surface area (Å²) in [4.78, 5) is 14.3. The van der Waals surface area contributed by atoms with Crippen LogP contribution in [0, 0.1) is 0 Å². The summed E-state index contributed by atoms with van der Waals surface area (Å²) >= 11 is 0. The van der Waals surface area contributed by atoms with E-state index in [1.165, 1.54) is 18.2 Å². The molecule has 31 heavy (non-hydrogen) atoms. The maximum absolute atomic E-state index is 13.5. The van der Waals surface area contributed by atoms with Gasteiger partial charge in [0, 0.05) is 24.6 Å². The second kappa shape index (κ2) is 7.84. The minimum absolute atomic E-state index is 0.00791. The second-order valence-electron chi connectivity index (χ2n) is 8.37. The molecule has 2 aliphatic rings. The van der Waals surface area contributed by atoms with Crippen molar-refractivity contribution in [3.05, 3.63) is 48.0 Å². The summed E-state index contributed by atoms with van der Waals surface area (Å²) in [6.07, 6.45) is 0.0870. The van der Waals surface area contributed by atoms with Crippen LogP contribution >= 0.6 is 0 Å². The first-order valence-electron chi connectivity index (χ1n) is 10.4. The molecule has 2 unspecified atom stereocenters. The number of nitrogens with zero attached hydrogens (tertiary/aromatic N) is 1. The van der Waals surface area contributed by atoms with E-state index in [9.17, 15) is 18.3 Å². The highest BCUT2D eigenvalue weighted by molar-refractivity contribution is 7.91. The average molecular weight is 446 g/mol. The SMILES string of the molecule is CCOc1cc2c(cc1S(=O)(=O)c1ccccc1)C(N1CCCC1=O)C(O)C(C)(C)O2. The molecule has 1 saturated heterocycles. The third kappa shape index (κ3) is 3.68. The highest BCUT2D eigenvalue weighted by Gasteiger charge is 2.48. The van der Waals surface area contributed by atoms with Gasteiger partial charge in [0.15, 0.2) is 0 Å². The lowest BCUT2D eigenvalue weighted by molar-refractivity contribution is -0.139. The summed E-state index contributed by atoms with van der Waals surface area (Å²) in [7, 11) is -3.90. The van der Waals surface area contributed by atoms with E-state index < -0.39 is 27.6 Å². The number of likely N-dealkylation sites (tertiary alicyclic amines) is 1. The van der Waals surface area contributed by atoms with E-state index in [2.05, 4.69) is 0 Å². The van der Waals surface area contributed by atoms with Gasteiger partial charge in [-0.15, -0.1) is 0 Å². The second-order valence-corrected chi connectivity index (χ2v) is 10.3. The summed E-state index contributed by atoms with van der Waals surface area (Å²) in [5, 5.41) is 11.1. The predicted octanol–water partition coefficient (Wildman–Crippen LogP) is 3.11. The lowest BCUT2D eigenvalue weighted by Gasteiger charge is -2.45. The normalized spacial score (nSPS) is 22.7. The zero-order valence-corrected chi connectivity index (χ0v) is 18.7. The summed E-state index contributed by atoms with van der Waals surface area (Å²) in [6, 6.07) is 10.5. The maximum Gasteiger partial charge on any atom is 0.223 e. The van der Waals surface area contributed by atoms with E-state index in [1.807, 2.05) is 0 Å². The Labute approximate surface area is 182 Å². The van der Waals surface area contributed by atoms with E-state index in [-0.39, 0.29) is 28.1 Å². The summed E-state index contributed by atoms with van der Waals surface area (Å²) in [5.41, 5.74) is -0.496. The Balaban J connectivity index is 1.93. The van der Waals surface area contributed by atoms with Gasteiger partial charge in [-0.3, -0.25) is 4.79 Å². The van der Waals surface area contributed by atoms with Crippen LogP contribution in [-0.4, -0.2) is 49.2 Å². The topological polar surface area (TPSA) is 93.1 Å². The highest BCUT2D eigenvalue weighted by Crippen LogP contribution is 2.47. The van der Waals surface area contributed by atoms with Crippen LogP contribution in [0.3, 0.4) is 0 Å². The van der Waals surface area contributed by atoms with Gasteiger partial charge in [-0.05, 0) is 45.4 Å². The van der Waals surface area contributed by atoms with Crippen molar-refractivity contribution in [2.24, 2.45) is 0 Å². The number of aliphatic hydroxyl groups is 1. The molecule has 0 aliphatic carbocycles. The van der Waals surface area contributed by atoms with Gasteiger partial charge in [-0.2, -0.15) is 0 Å². The van der Waals surface area contributed by atoms with Crippen molar-refractivity contribution < 1.29 is 27.8 Å². The smallest absolute Gasteiger partial charge is 0.223 e. The number of rotatable bonds is 5. The molecule has 0 bridgehead atoms. The highest BCUT2D eigenvalue weighted by atomic mass is 32.2. The standard InChI is InChI=1S/C23H27NO6S/c1-4-29-18-14-17-16(13-19(18)31(27,28)15-9-6-5-7-10-15)21(22(26)23(2,3)30-17)24-12-8-11-20(24)25/h5-7,9-10,13-14,21-22,26H,4,8,11-12H2,1-3H3. The lowest BCUT2D eigenvalue weighted by atomic mass is 9.85. The van der Waals surface area contributed by atoms with Crippen molar-refractivity contribution in [3.63, 3.8) is 0 Å². The summed E-state index contributed by atoms with van der Waals surface area (Å²) in [6.45, 7) is 6.06. The van der Waals surface area contributed by atoms with Crippen LogP contribution in [-0.2, 0) is 14.6 Å². The number of hydrogen-bond acceptors (Lipinski definition) is 6. The van der Waals surface area contributed by atoms with Crippen molar-refractivity contribution in [3.8, 4) is 11.5 Å². The van der Waals surface area contributed by atoms with Gasteiger partial charge in [0.2, 0.25) is 15.7 Å². The number of carbonyl (C=O) groups is 1. The quantitative estimate of drug-likeness (QED) is 0.760. The van der Waals surface area contributed by atoms with E-state index >= 15 is 0 Å². The monoisotopic (exact) mass is 445 g/mol. The minimum atomic E-state index is -3.90. The molecule has 2 aromatic carbocycles. The molecule has 1 amide bonds. The Bertz CT molecular complexity index is 1100. The maximum atomic E-state index is 13.5. The molecule has 1 fully saturated rings. The molecule has 0 radical (unpaired) electrons. The number of sulfone groups is 1. The molecule has 2 aliphatic heterocycles. The van der Waals surface area contributed by atoms with Gasteiger partial charge in [-0.25, -0.2) is 8.42 Å². The van der Waals surface area contributed by atoms with Gasteiger partial charge in [0.05, 0.1) is 17.5 Å². The van der Waals surface area contributed by atoms with Gasteiger partial charge < -0.3 is 19.5 Å². The number of ether oxygens (including phenoxy) is 2. The van der Waals surface area contributed by atoms with E-state index in [1.54, 1.807) is 49.9 Å². The van der Waals surface area contributed by atoms with E-state index in [4.69, 9.17) is 9.47 Å². The van der Waals surface area contributed by atoms with Crippen molar-refractivity contribution in [2.75, 3.05) is 13.2 Å². The number of aliphatic hydroxyl groups excluding tert-OH is 1. The van der Waals surface area contributed by atoms with E-state index in [0.717, 1.165) is 0 Å². The fourth-order valence-corrected chi connectivity index (χ4v) is 5.71. The zero-order chi connectivity index (χ0) is 22.4. The molecule has 2 heterocycles. The first-order valence-corrected chi connectivity index (χ1v) is 11.9. The molecule has 4 rings (SSSR count). The predicted molar refractivity (Wildman–Crippen MR) is 114 cm³/mol. The Morgan fingerprint density at radius 1 is 1.23 bits per heavy atom. The Morgan fingerprint density at radius 2 is 1.94 bits per heavy atom. The molecule has 166 valence electrons. The van der Waals surface area contributed by atoms with Crippen molar-refractivity contribution in [2.45, 2.75) is 61.2 Å². The largest absolute Gasteiger partial charge is 0.492 e. The van der Waals surface area contributed by atoms with Gasteiger partial charge in [0.25, 0.3) is 0 Å². The van der Waals surface area contributed by atoms with Gasteiger partial charge in [0.1, 0.15) is 28.1 Å².